The maximum atomic E-state index is 11.7. The molecule has 2 atom stereocenters. The number of amides is 1. The van der Waals surface area contributed by atoms with E-state index < -0.39 is 0 Å². The number of nitrogens with one attached hydrogen (secondary N) is 1. The van der Waals surface area contributed by atoms with E-state index in [9.17, 15) is 9.90 Å². The fraction of sp³-hybridized carbons (Fsp3) is 0.364. The third-order valence-corrected chi connectivity index (χ3v) is 2.72. The lowest BCUT2D eigenvalue weighted by Crippen LogP contribution is -2.34. The molecule has 1 amide bonds. The summed E-state index contributed by atoms with van der Waals surface area (Å²) in [6.45, 7) is 3.52. The predicted molar refractivity (Wildman–Crippen MR) is 64.6 cm³/mol. The van der Waals surface area contributed by atoms with E-state index in [1.54, 1.807) is 19.9 Å². The van der Waals surface area contributed by atoms with Crippen LogP contribution in [-0.2, 0) is 4.79 Å². The second-order valence-corrected chi connectivity index (χ2v) is 4.21. The number of benzene rings is 1. The van der Waals surface area contributed by atoms with Gasteiger partial charge in [-0.15, -0.1) is 0 Å². The Labute approximate surface area is 99.4 Å². The van der Waals surface area contributed by atoms with Crippen LogP contribution in [0.2, 0.25) is 5.02 Å². The minimum Gasteiger partial charge on any atom is -0.506 e. The van der Waals surface area contributed by atoms with Crippen molar-refractivity contribution in [2.45, 2.75) is 19.9 Å². The molecule has 0 aliphatic carbocycles. The van der Waals surface area contributed by atoms with Gasteiger partial charge in [-0.2, -0.15) is 0 Å². The lowest BCUT2D eigenvalue weighted by atomic mass is 10.0. The van der Waals surface area contributed by atoms with Crippen LogP contribution in [0.5, 0.6) is 5.75 Å². The topological polar surface area (TPSA) is 75.4 Å². The van der Waals surface area contributed by atoms with Crippen molar-refractivity contribution < 1.29 is 9.90 Å². The molecule has 1 aromatic rings. The molecule has 0 fully saturated rings. The van der Waals surface area contributed by atoms with Crippen LogP contribution in [0.1, 0.15) is 13.8 Å². The molecule has 0 spiro atoms. The van der Waals surface area contributed by atoms with E-state index >= 15 is 0 Å². The van der Waals surface area contributed by atoms with Gasteiger partial charge < -0.3 is 16.2 Å². The van der Waals surface area contributed by atoms with E-state index in [4.69, 9.17) is 17.3 Å². The van der Waals surface area contributed by atoms with E-state index in [1.165, 1.54) is 12.1 Å². The third-order valence-electron chi connectivity index (χ3n) is 2.42. The van der Waals surface area contributed by atoms with Crippen LogP contribution in [0.25, 0.3) is 0 Å². The van der Waals surface area contributed by atoms with Gasteiger partial charge in [-0.25, -0.2) is 0 Å². The van der Waals surface area contributed by atoms with Crippen LogP contribution >= 0.6 is 11.6 Å². The van der Waals surface area contributed by atoms with Crippen LogP contribution in [-0.4, -0.2) is 17.1 Å². The SMILES string of the molecule is CC(N)C(C)C(=O)Nc1ccc(O)c(Cl)c1. The van der Waals surface area contributed by atoms with Crippen LogP contribution in [0.15, 0.2) is 18.2 Å². The monoisotopic (exact) mass is 242 g/mol. The summed E-state index contributed by atoms with van der Waals surface area (Å²) >= 11 is 5.71. The fourth-order valence-electron chi connectivity index (χ4n) is 1.08. The molecule has 4 nitrogen and oxygen atoms in total. The summed E-state index contributed by atoms with van der Waals surface area (Å²) in [5, 5.41) is 12.1. The molecule has 1 rings (SSSR count). The average molecular weight is 243 g/mol. The number of phenols is 1. The molecule has 16 heavy (non-hydrogen) atoms. The molecule has 5 heteroatoms. The van der Waals surface area contributed by atoms with Crippen LogP contribution in [0, 0.1) is 5.92 Å². The quantitative estimate of drug-likeness (QED) is 0.710. The van der Waals surface area contributed by atoms with Crippen molar-refractivity contribution in [1.29, 1.82) is 0 Å². The first-order valence-electron chi connectivity index (χ1n) is 4.96. The number of carbonyl (C=O) groups excluding carboxylic acids is 1. The molecule has 0 heterocycles. The van der Waals surface area contributed by atoms with Gasteiger partial charge in [-0.3, -0.25) is 4.79 Å². The van der Waals surface area contributed by atoms with Gasteiger partial charge in [-0.1, -0.05) is 18.5 Å². The molecule has 0 bridgehead atoms. The Morgan fingerprint density at radius 3 is 2.62 bits per heavy atom. The molecule has 1 aromatic carbocycles. The Bertz CT molecular complexity index is 394. The van der Waals surface area contributed by atoms with E-state index in [2.05, 4.69) is 5.32 Å². The fourth-order valence-corrected chi connectivity index (χ4v) is 1.26. The highest BCUT2D eigenvalue weighted by Crippen LogP contribution is 2.26. The Balaban J connectivity index is 2.74. The molecule has 88 valence electrons. The summed E-state index contributed by atoms with van der Waals surface area (Å²) < 4.78 is 0. The van der Waals surface area contributed by atoms with Crippen LogP contribution in [0.4, 0.5) is 5.69 Å². The Hall–Kier alpha value is -1.26. The molecular weight excluding hydrogens is 228 g/mol. The summed E-state index contributed by atoms with van der Waals surface area (Å²) in [6.07, 6.45) is 0. The minimum atomic E-state index is -0.285. The van der Waals surface area contributed by atoms with Gasteiger partial charge in [0.2, 0.25) is 5.91 Å². The Morgan fingerprint density at radius 1 is 1.50 bits per heavy atom. The number of hydrogen-bond donors (Lipinski definition) is 3. The number of nitrogens with two attached hydrogens (primary N) is 1. The Kier molecular flexibility index (Phi) is 4.15. The number of rotatable bonds is 3. The van der Waals surface area contributed by atoms with Gasteiger partial charge in [0.15, 0.2) is 0 Å². The molecule has 0 saturated carbocycles. The van der Waals surface area contributed by atoms with Gasteiger partial charge >= 0.3 is 0 Å². The molecule has 0 aromatic heterocycles. The van der Waals surface area contributed by atoms with Crippen molar-refractivity contribution in [1.82, 2.24) is 0 Å². The third kappa shape index (κ3) is 3.12. The number of hydrogen-bond acceptors (Lipinski definition) is 3. The number of anilines is 1. The van der Waals surface area contributed by atoms with Crippen molar-refractivity contribution >= 4 is 23.2 Å². The summed E-state index contributed by atoms with van der Waals surface area (Å²) in [6, 6.07) is 4.28. The normalized spacial score (nSPS) is 14.2. The molecule has 2 unspecified atom stereocenters. The van der Waals surface area contributed by atoms with Gasteiger partial charge in [0, 0.05) is 11.7 Å². The van der Waals surface area contributed by atoms with E-state index in [0.29, 0.717) is 5.69 Å². The van der Waals surface area contributed by atoms with Gasteiger partial charge in [0.05, 0.1) is 10.9 Å². The summed E-state index contributed by atoms with van der Waals surface area (Å²) in [5.74, 6) is -0.468. The van der Waals surface area contributed by atoms with Crippen molar-refractivity contribution in [3.63, 3.8) is 0 Å². The average Bonchev–Trinajstić information content (AvgIpc) is 2.22. The van der Waals surface area contributed by atoms with E-state index in [0.717, 1.165) is 0 Å². The highest BCUT2D eigenvalue weighted by molar-refractivity contribution is 6.32. The minimum absolute atomic E-state index is 0.0140. The van der Waals surface area contributed by atoms with E-state index in [1.807, 2.05) is 0 Å². The first-order chi connectivity index (χ1) is 7.41. The van der Waals surface area contributed by atoms with Gasteiger partial charge in [0.25, 0.3) is 0 Å². The predicted octanol–water partition coefficient (Wildman–Crippen LogP) is 1.97. The largest absolute Gasteiger partial charge is 0.506 e. The lowest BCUT2D eigenvalue weighted by molar-refractivity contribution is -0.119. The maximum absolute atomic E-state index is 11.7. The zero-order chi connectivity index (χ0) is 12.3. The van der Waals surface area contributed by atoms with E-state index in [-0.39, 0.29) is 28.6 Å². The summed E-state index contributed by atoms with van der Waals surface area (Å²) in [7, 11) is 0. The zero-order valence-corrected chi connectivity index (χ0v) is 9.95. The van der Waals surface area contributed by atoms with Crippen molar-refractivity contribution in [2.75, 3.05) is 5.32 Å². The van der Waals surface area contributed by atoms with Crippen molar-refractivity contribution in [3.8, 4) is 5.75 Å². The zero-order valence-electron chi connectivity index (χ0n) is 9.20. The molecule has 0 radical (unpaired) electrons. The maximum Gasteiger partial charge on any atom is 0.228 e. The molecule has 0 saturated heterocycles. The highest BCUT2D eigenvalue weighted by Gasteiger charge is 2.17. The second-order valence-electron chi connectivity index (χ2n) is 3.80. The highest BCUT2D eigenvalue weighted by atomic mass is 35.5. The summed E-state index contributed by atoms with van der Waals surface area (Å²) in [5.41, 5.74) is 6.16. The van der Waals surface area contributed by atoms with Gasteiger partial charge in [-0.05, 0) is 25.1 Å². The number of phenolic OH excluding ortho intramolecular Hbond substituents is 1. The molecule has 4 N–H and O–H groups in total. The first-order valence-corrected chi connectivity index (χ1v) is 5.34. The lowest BCUT2D eigenvalue weighted by Gasteiger charge is -2.15. The van der Waals surface area contributed by atoms with Crippen molar-refractivity contribution in [3.05, 3.63) is 23.2 Å². The molecular formula is C11H15ClN2O2. The van der Waals surface area contributed by atoms with Crippen LogP contribution in [0.3, 0.4) is 0 Å². The second kappa shape index (κ2) is 5.18. The Morgan fingerprint density at radius 2 is 2.12 bits per heavy atom. The number of halogens is 1. The molecule has 0 aliphatic heterocycles. The smallest absolute Gasteiger partial charge is 0.228 e. The molecule has 0 aliphatic rings. The van der Waals surface area contributed by atoms with Crippen LogP contribution < -0.4 is 11.1 Å². The number of aromatic hydroxyl groups is 1. The first kappa shape index (κ1) is 12.8. The number of carbonyl (C=O) groups is 1. The van der Waals surface area contributed by atoms with Crippen molar-refractivity contribution in [2.24, 2.45) is 11.7 Å². The van der Waals surface area contributed by atoms with Gasteiger partial charge in [0.1, 0.15) is 5.75 Å². The standard InChI is InChI=1S/C11H15ClN2O2/c1-6(7(2)13)11(16)14-8-3-4-10(15)9(12)5-8/h3-7,15H,13H2,1-2H3,(H,14,16). The summed E-state index contributed by atoms with van der Waals surface area (Å²) in [4.78, 5) is 11.7.